The van der Waals surface area contributed by atoms with Gasteiger partial charge in [0.2, 0.25) is 5.78 Å². The predicted molar refractivity (Wildman–Crippen MR) is 122 cm³/mol. The highest BCUT2D eigenvalue weighted by molar-refractivity contribution is 6.22. The van der Waals surface area contributed by atoms with Crippen LogP contribution in [0.3, 0.4) is 0 Å². The lowest BCUT2D eigenvalue weighted by molar-refractivity contribution is -0.147. The molecule has 3 aliphatic rings. The standard InChI is InChI=1S/C26H23NO7/c1-11-3-2-4-12(7-11)15-5-6-17(28)20-16(15)9-13-8-14-10-18(29)21(25(27)33)24(32)26(14,34)23(31)19(13)22(20)30/h2-7,13-14,28,30,32,34H,8-10H2,1H3,(H2,27,33). The number of aryl methyl sites for hydroxylation is 1. The molecular formula is C26H23NO7. The van der Waals surface area contributed by atoms with Gasteiger partial charge in [-0.3, -0.25) is 14.4 Å². The number of aromatic hydroxyl groups is 1. The van der Waals surface area contributed by atoms with Gasteiger partial charge < -0.3 is 26.2 Å². The van der Waals surface area contributed by atoms with E-state index in [0.29, 0.717) is 5.56 Å². The first-order valence-electron chi connectivity index (χ1n) is 10.9. The van der Waals surface area contributed by atoms with Gasteiger partial charge in [0.25, 0.3) is 5.91 Å². The van der Waals surface area contributed by atoms with Crippen molar-refractivity contribution in [2.45, 2.75) is 31.8 Å². The summed E-state index contributed by atoms with van der Waals surface area (Å²) < 4.78 is 0. The molecule has 174 valence electrons. The third-order valence-electron chi connectivity index (χ3n) is 7.28. The molecule has 3 unspecified atom stereocenters. The van der Waals surface area contributed by atoms with Gasteiger partial charge in [-0.1, -0.05) is 35.9 Å². The number of aliphatic hydroxyl groups excluding tert-OH is 2. The number of Topliss-reactive ketones (excluding diaryl/α,β-unsaturated/α-hetero) is 2. The summed E-state index contributed by atoms with van der Waals surface area (Å²) in [7, 11) is 0. The van der Waals surface area contributed by atoms with Crippen molar-refractivity contribution in [3.8, 4) is 16.9 Å². The molecule has 8 heteroatoms. The summed E-state index contributed by atoms with van der Waals surface area (Å²) in [4.78, 5) is 37.7. The van der Waals surface area contributed by atoms with E-state index in [2.05, 4.69) is 0 Å². The Balaban J connectivity index is 1.71. The van der Waals surface area contributed by atoms with Crippen molar-refractivity contribution >= 4 is 23.2 Å². The number of rotatable bonds is 2. The van der Waals surface area contributed by atoms with Crippen LogP contribution in [0.1, 0.15) is 29.5 Å². The Bertz CT molecular complexity index is 1370. The van der Waals surface area contributed by atoms with Crippen molar-refractivity contribution in [1.82, 2.24) is 0 Å². The van der Waals surface area contributed by atoms with Crippen LogP contribution in [0.15, 0.2) is 53.3 Å². The van der Waals surface area contributed by atoms with Crippen molar-refractivity contribution < 1.29 is 34.8 Å². The molecular weight excluding hydrogens is 438 g/mol. The molecule has 0 aromatic heterocycles. The molecule has 0 heterocycles. The molecule has 1 fully saturated rings. The maximum atomic E-state index is 13.5. The third kappa shape index (κ3) is 2.85. The summed E-state index contributed by atoms with van der Waals surface area (Å²) in [5, 5.41) is 43.7. The van der Waals surface area contributed by atoms with Crippen LogP contribution in [-0.4, -0.2) is 43.5 Å². The molecule has 0 spiro atoms. The number of phenolic OH excluding ortho intramolecular Hbond substituents is 1. The van der Waals surface area contributed by atoms with Crippen LogP contribution in [0.5, 0.6) is 5.75 Å². The number of fused-ring (bicyclic) bond motifs is 3. The topological polar surface area (TPSA) is 158 Å². The zero-order valence-corrected chi connectivity index (χ0v) is 18.3. The summed E-state index contributed by atoms with van der Waals surface area (Å²) in [6, 6.07) is 10.9. The Morgan fingerprint density at radius 2 is 1.82 bits per heavy atom. The lowest BCUT2D eigenvalue weighted by atomic mass is 9.59. The molecule has 2 aromatic carbocycles. The molecule has 1 saturated carbocycles. The predicted octanol–water partition coefficient (Wildman–Crippen LogP) is 2.40. The molecule has 3 atom stereocenters. The fraction of sp³-hybridized carbons (Fsp3) is 0.269. The van der Waals surface area contributed by atoms with Crippen LogP contribution < -0.4 is 5.73 Å². The number of hydrogen-bond acceptors (Lipinski definition) is 7. The van der Waals surface area contributed by atoms with Gasteiger partial charge in [-0.15, -0.1) is 0 Å². The van der Waals surface area contributed by atoms with Crippen molar-refractivity contribution in [3.05, 3.63) is 70.0 Å². The zero-order chi connectivity index (χ0) is 24.5. The molecule has 1 amide bonds. The fourth-order valence-corrected chi connectivity index (χ4v) is 5.70. The number of hydrogen-bond donors (Lipinski definition) is 5. The van der Waals surface area contributed by atoms with E-state index in [-0.39, 0.29) is 36.1 Å². The summed E-state index contributed by atoms with van der Waals surface area (Å²) >= 11 is 0. The molecule has 6 N–H and O–H groups in total. The molecule has 5 rings (SSSR count). The average molecular weight is 461 g/mol. The SMILES string of the molecule is Cc1cccc(-c2ccc(O)c3c2CC2CC4CC(=O)C(C(N)=O)=C(O)C4(O)C(=O)C2=C3O)c1. The minimum absolute atomic E-state index is 0.0890. The van der Waals surface area contributed by atoms with Crippen LogP contribution >= 0.6 is 0 Å². The van der Waals surface area contributed by atoms with E-state index in [1.54, 1.807) is 6.07 Å². The largest absolute Gasteiger partial charge is 0.508 e. The van der Waals surface area contributed by atoms with Crippen LogP contribution in [0.4, 0.5) is 0 Å². The number of carbonyl (C=O) groups excluding carboxylic acids is 3. The van der Waals surface area contributed by atoms with E-state index in [1.165, 1.54) is 6.07 Å². The van der Waals surface area contributed by atoms with Gasteiger partial charge >= 0.3 is 0 Å². The van der Waals surface area contributed by atoms with E-state index in [1.807, 2.05) is 31.2 Å². The number of aliphatic hydroxyl groups is 3. The second-order valence-electron chi connectivity index (χ2n) is 9.26. The summed E-state index contributed by atoms with van der Waals surface area (Å²) in [5.74, 6) is -6.32. The maximum absolute atomic E-state index is 13.5. The lowest BCUT2D eigenvalue weighted by Crippen LogP contribution is -2.58. The van der Waals surface area contributed by atoms with Gasteiger partial charge in [-0.05, 0) is 48.4 Å². The molecule has 3 aliphatic carbocycles. The second-order valence-corrected chi connectivity index (χ2v) is 9.26. The highest BCUT2D eigenvalue weighted by Gasteiger charge is 2.60. The Morgan fingerprint density at radius 3 is 2.50 bits per heavy atom. The number of primary amides is 1. The molecule has 0 aliphatic heterocycles. The Kier molecular flexibility index (Phi) is 4.70. The monoisotopic (exact) mass is 461 g/mol. The van der Waals surface area contributed by atoms with Crippen molar-refractivity contribution in [2.75, 3.05) is 0 Å². The molecule has 0 saturated heterocycles. The Labute approximate surface area is 194 Å². The number of phenols is 1. The number of ketones is 2. The van der Waals surface area contributed by atoms with Crippen LogP contribution in [-0.2, 0) is 20.8 Å². The van der Waals surface area contributed by atoms with E-state index in [9.17, 15) is 34.8 Å². The van der Waals surface area contributed by atoms with Gasteiger partial charge in [-0.25, -0.2) is 0 Å². The first-order valence-corrected chi connectivity index (χ1v) is 10.9. The lowest BCUT2D eigenvalue weighted by Gasteiger charge is -2.46. The first kappa shape index (κ1) is 21.9. The van der Waals surface area contributed by atoms with Gasteiger partial charge in [0.05, 0.1) is 5.56 Å². The van der Waals surface area contributed by atoms with Crippen LogP contribution in [0.2, 0.25) is 0 Å². The van der Waals surface area contributed by atoms with E-state index in [4.69, 9.17) is 5.73 Å². The van der Waals surface area contributed by atoms with Gasteiger partial charge in [0, 0.05) is 17.9 Å². The average Bonchev–Trinajstić information content (AvgIpc) is 2.76. The molecule has 0 bridgehead atoms. The van der Waals surface area contributed by atoms with Gasteiger partial charge in [0.1, 0.15) is 22.8 Å². The minimum atomic E-state index is -2.56. The van der Waals surface area contributed by atoms with E-state index >= 15 is 0 Å². The van der Waals surface area contributed by atoms with Crippen molar-refractivity contribution in [3.63, 3.8) is 0 Å². The van der Waals surface area contributed by atoms with Crippen LogP contribution in [0.25, 0.3) is 16.9 Å². The van der Waals surface area contributed by atoms with E-state index < -0.39 is 52.0 Å². The minimum Gasteiger partial charge on any atom is -0.508 e. The molecule has 2 aromatic rings. The highest BCUT2D eigenvalue weighted by Crippen LogP contribution is 2.53. The van der Waals surface area contributed by atoms with Crippen molar-refractivity contribution in [1.29, 1.82) is 0 Å². The van der Waals surface area contributed by atoms with Crippen molar-refractivity contribution in [2.24, 2.45) is 17.6 Å². The number of benzene rings is 2. The molecule has 34 heavy (non-hydrogen) atoms. The number of carbonyl (C=O) groups is 3. The Morgan fingerprint density at radius 1 is 1.09 bits per heavy atom. The molecule has 8 nitrogen and oxygen atoms in total. The third-order valence-corrected chi connectivity index (χ3v) is 7.28. The smallest absolute Gasteiger partial charge is 0.255 e. The number of nitrogens with two attached hydrogens (primary N) is 1. The van der Waals surface area contributed by atoms with E-state index in [0.717, 1.165) is 16.7 Å². The maximum Gasteiger partial charge on any atom is 0.255 e. The summed E-state index contributed by atoms with van der Waals surface area (Å²) in [5.41, 5.74) is 5.14. The van der Waals surface area contributed by atoms with Crippen LogP contribution in [0, 0.1) is 18.8 Å². The summed E-state index contributed by atoms with van der Waals surface area (Å²) in [6.07, 6.45) is 0.0324. The molecule has 0 radical (unpaired) electrons. The van der Waals surface area contributed by atoms with Gasteiger partial charge in [-0.2, -0.15) is 0 Å². The Hall–Kier alpha value is -3.91. The second kappa shape index (κ2) is 7.30. The fourth-order valence-electron chi connectivity index (χ4n) is 5.70. The quantitative estimate of drug-likeness (QED) is 0.430. The normalized spacial score (nSPS) is 26.2. The van der Waals surface area contributed by atoms with Gasteiger partial charge in [0.15, 0.2) is 11.4 Å². The first-order chi connectivity index (χ1) is 16.1. The number of amides is 1. The zero-order valence-electron chi connectivity index (χ0n) is 18.3. The highest BCUT2D eigenvalue weighted by atomic mass is 16.3. The summed E-state index contributed by atoms with van der Waals surface area (Å²) in [6.45, 7) is 1.95.